The lowest BCUT2D eigenvalue weighted by molar-refractivity contribution is -0.627. The molecule has 0 saturated heterocycles. The predicted octanol–water partition coefficient (Wildman–Crippen LogP) is 3.72. The summed E-state index contributed by atoms with van der Waals surface area (Å²) in [5, 5.41) is 9.41. The van der Waals surface area contributed by atoms with Crippen LogP contribution in [-0.4, -0.2) is 0 Å². The summed E-state index contributed by atoms with van der Waals surface area (Å²) in [5.41, 5.74) is 8.33. The molecule has 1 aromatic heterocycles. The van der Waals surface area contributed by atoms with Gasteiger partial charge in [0.05, 0.1) is 16.9 Å². The first kappa shape index (κ1) is 11.8. The number of benzene rings is 2. The van der Waals surface area contributed by atoms with Gasteiger partial charge >= 0.3 is 5.13 Å². The molecule has 0 unspecified atom stereocenters. The van der Waals surface area contributed by atoms with Gasteiger partial charge in [-0.05, 0) is 52.8 Å². The van der Waals surface area contributed by atoms with Crippen molar-refractivity contribution in [3.8, 4) is 0 Å². The largest absolute Gasteiger partial charge is 0.409 e. The molecule has 19 heavy (non-hydrogen) atoms. The predicted molar refractivity (Wildman–Crippen MR) is 78.0 cm³/mol. The first-order valence-corrected chi connectivity index (χ1v) is 6.70. The number of thiazole rings is 1. The van der Waals surface area contributed by atoms with E-state index in [1.54, 1.807) is 11.3 Å². The van der Waals surface area contributed by atoms with E-state index in [0.717, 1.165) is 16.5 Å². The van der Waals surface area contributed by atoms with Crippen LogP contribution < -0.4 is 10.3 Å². The van der Waals surface area contributed by atoms with Crippen molar-refractivity contribution < 1.29 is 4.57 Å². The Morgan fingerprint density at radius 1 is 1.00 bits per heavy atom. The lowest BCUT2D eigenvalue weighted by Gasteiger charge is -1.90. The summed E-state index contributed by atoms with van der Waals surface area (Å²) in [6.45, 7) is 0. The van der Waals surface area contributed by atoms with Gasteiger partial charge in [-0.2, -0.15) is 0 Å². The van der Waals surface area contributed by atoms with Crippen molar-refractivity contribution in [1.82, 2.24) is 0 Å². The molecule has 0 saturated carbocycles. The Labute approximate surface area is 114 Å². The zero-order valence-electron chi connectivity index (χ0n) is 10.4. The van der Waals surface area contributed by atoms with Crippen LogP contribution in [0.1, 0.15) is 0 Å². The van der Waals surface area contributed by atoms with Gasteiger partial charge in [0.1, 0.15) is 11.2 Å². The van der Waals surface area contributed by atoms with E-state index in [4.69, 9.17) is 5.73 Å². The van der Waals surface area contributed by atoms with Crippen LogP contribution in [0, 0.1) is 0 Å². The second kappa shape index (κ2) is 4.78. The standard InChI is InChI=1S/C14H12N4S/c1-18-12-4-2-3-5-13(12)19-14(18)17-16-11-8-6-10(15)7-9-11/h2-9,15H,1H3/p+1. The van der Waals surface area contributed by atoms with E-state index in [9.17, 15) is 0 Å². The van der Waals surface area contributed by atoms with Crippen molar-refractivity contribution in [3.63, 3.8) is 0 Å². The van der Waals surface area contributed by atoms with Crippen LogP contribution in [0.3, 0.4) is 0 Å². The number of nitrogen functional groups attached to an aromatic ring is 1. The quantitative estimate of drug-likeness (QED) is 0.430. The minimum atomic E-state index is 0.728. The highest BCUT2D eigenvalue weighted by Crippen LogP contribution is 2.27. The van der Waals surface area contributed by atoms with Gasteiger partial charge in [-0.1, -0.05) is 12.1 Å². The smallest absolute Gasteiger partial charge is 0.399 e. The van der Waals surface area contributed by atoms with Crippen LogP contribution in [0.15, 0.2) is 58.8 Å². The molecule has 0 aliphatic rings. The van der Waals surface area contributed by atoms with E-state index in [1.807, 2.05) is 48.0 Å². The molecule has 0 aliphatic heterocycles. The third kappa shape index (κ3) is 2.32. The summed E-state index contributed by atoms with van der Waals surface area (Å²) in [6.07, 6.45) is 0. The first-order chi connectivity index (χ1) is 9.24. The monoisotopic (exact) mass is 269 g/mol. The Morgan fingerprint density at radius 2 is 1.74 bits per heavy atom. The Kier molecular flexibility index (Phi) is 2.97. The highest BCUT2D eigenvalue weighted by Gasteiger charge is 2.14. The Hall–Kier alpha value is -2.27. The summed E-state index contributed by atoms with van der Waals surface area (Å²) in [4.78, 5) is 0. The van der Waals surface area contributed by atoms with Crippen LogP contribution in [0.25, 0.3) is 10.2 Å². The van der Waals surface area contributed by atoms with E-state index < -0.39 is 0 Å². The number of azo groups is 1. The van der Waals surface area contributed by atoms with Gasteiger partial charge in [0, 0.05) is 5.69 Å². The number of aryl methyl sites for hydroxylation is 1. The van der Waals surface area contributed by atoms with Crippen molar-refractivity contribution in [1.29, 1.82) is 0 Å². The molecule has 94 valence electrons. The van der Waals surface area contributed by atoms with Gasteiger partial charge in [0.15, 0.2) is 0 Å². The molecular formula is C14H13N4S+. The van der Waals surface area contributed by atoms with Crippen molar-refractivity contribution in [2.24, 2.45) is 17.3 Å². The van der Waals surface area contributed by atoms with E-state index >= 15 is 0 Å². The maximum Gasteiger partial charge on any atom is 0.409 e. The lowest BCUT2D eigenvalue weighted by Crippen LogP contribution is -2.25. The first-order valence-electron chi connectivity index (χ1n) is 5.89. The molecule has 4 nitrogen and oxygen atoms in total. The number of aromatic nitrogens is 1. The number of nitrogens with two attached hydrogens (primary N) is 1. The zero-order chi connectivity index (χ0) is 13.2. The second-order valence-corrected chi connectivity index (χ2v) is 5.21. The molecule has 0 amide bonds. The number of anilines is 1. The minimum absolute atomic E-state index is 0.728. The maximum atomic E-state index is 5.63. The highest BCUT2D eigenvalue weighted by molar-refractivity contribution is 7.21. The maximum absolute atomic E-state index is 5.63. The summed E-state index contributed by atoms with van der Waals surface area (Å²) in [6, 6.07) is 15.6. The van der Waals surface area contributed by atoms with Gasteiger partial charge in [0.25, 0.3) is 0 Å². The molecule has 0 spiro atoms. The fraction of sp³-hybridized carbons (Fsp3) is 0.0714. The van der Waals surface area contributed by atoms with Gasteiger partial charge in [-0.15, -0.1) is 0 Å². The van der Waals surface area contributed by atoms with Gasteiger partial charge in [-0.25, -0.2) is 4.57 Å². The van der Waals surface area contributed by atoms with Crippen molar-refractivity contribution >= 4 is 38.1 Å². The van der Waals surface area contributed by atoms with Crippen molar-refractivity contribution in [2.45, 2.75) is 0 Å². The zero-order valence-corrected chi connectivity index (χ0v) is 11.3. The Bertz CT molecular complexity index is 744. The van der Waals surface area contributed by atoms with Gasteiger partial charge in [0.2, 0.25) is 0 Å². The number of hydrogen-bond donors (Lipinski definition) is 1. The normalized spacial score (nSPS) is 11.4. The summed E-state index contributed by atoms with van der Waals surface area (Å²) in [7, 11) is 2.00. The number of fused-ring (bicyclic) bond motifs is 1. The van der Waals surface area contributed by atoms with Crippen LogP contribution in [0.4, 0.5) is 16.5 Å². The molecular weight excluding hydrogens is 256 g/mol. The molecule has 0 radical (unpaired) electrons. The average molecular weight is 269 g/mol. The van der Waals surface area contributed by atoms with Crippen molar-refractivity contribution in [3.05, 3.63) is 48.5 Å². The SMILES string of the molecule is C[n+]1c(N=Nc2ccc(N)cc2)sc2ccccc21. The van der Waals surface area contributed by atoms with E-state index in [1.165, 1.54) is 10.2 Å². The van der Waals surface area contributed by atoms with Gasteiger partial charge < -0.3 is 5.73 Å². The molecule has 0 atom stereocenters. The summed E-state index contributed by atoms with van der Waals surface area (Å²) >= 11 is 1.62. The molecule has 1 heterocycles. The van der Waals surface area contributed by atoms with E-state index in [2.05, 4.69) is 22.4 Å². The second-order valence-electron chi connectivity index (χ2n) is 4.20. The molecule has 5 heteroatoms. The van der Waals surface area contributed by atoms with Crippen LogP contribution in [0.5, 0.6) is 0 Å². The Balaban J connectivity index is 1.97. The molecule has 2 N–H and O–H groups in total. The topological polar surface area (TPSA) is 54.6 Å². The fourth-order valence-corrected chi connectivity index (χ4v) is 2.79. The number of nitrogens with zero attached hydrogens (tertiary/aromatic N) is 3. The van der Waals surface area contributed by atoms with Crippen molar-refractivity contribution in [2.75, 3.05) is 5.73 Å². The number of para-hydroxylation sites is 1. The molecule has 0 fully saturated rings. The van der Waals surface area contributed by atoms with Gasteiger partial charge in [-0.3, -0.25) is 0 Å². The van der Waals surface area contributed by atoms with E-state index in [0.29, 0.717) is 0 Å². The van der Waals surface area contributed by atoms with Crippen LogP contribution in [0.2, 0.25) is 0 Å². The van der Waals surface area contributed by atoms with E-state index in [-0.39, 0.29) is 0 Å². The lowest BCUT2D eigenvalue weighted by atomic mass is 10.3. The third-order valence-corrected chi connectivity index (χ3v) is 3.96. The highest BCUT2D eigenvalue weighted by atomic mass is 32.1. The minimum Gasteiger partial charge on any atom is -0.399 e. The average Bonchev–Trinajstić information content (AvgIpc) is 2.76. The molecule has 0 aliphatic carbocycles. The number of rotatable bonds is 2. The molecule has 3 aromatic rings. The van der Waals surface area contributed by atoms with Crippen LogP contribution in [-0.2, 0) is 7.05 Å². The molecule has 2 aromatic carbocycles. The fourth-order valence-electron chi connectivity index (χ4n) is 1.82. The Morgan fingerprint density at radius 3 is 2.47 bits per heavy atom. The third-order valence-electron chi connectivity index (χ3n) is 2.86. The number of hydrogen-bond acceptors (Lipinski definition) is 4. The summed E-state index contributed by atoms with van der Waals surface area (Å²) in [5.74, 6) is 0. The molecule has 3 rings (SSSR count). The summed E-state index contributed by atoms with van der Waals surface area (Å²) < 4.78 is 3.25. The molecule has 0 bridgehead atoms. The van der Waals surface area contributed by atoms with Crippen LogP contribution >= 0.6 is 11.3 Å².